The minimum absolute atomic E-state index is 0.386. The topological polar surface area (TPSA) is 20.3 Å². The van der Waals surface area contributed by atoms with Crippen LogP contribution in [0.15, 0.2) is 78.9 Å². The van der Waals surface area contributed by atoms with Crippen LogP contribution in [0.1, 0.15) is 5.56 Å². The van der Waals surface area contributed by atoms with Gasteiger partial charge in [0.1, 0.15) is 0 Å². The lowest BCUT2D eigenvalue weighted by atomic mass is 10.2. The highest BCUT2D eigenvalue weighted by Gasteiger charge is 2.35. The Kier molecular flexibility index (Phi) is 5.68. The van der Waals surface area contributed by atoms with E-state index in [4.69, 9.17) is 0 Å². The molecule has 3 rings (SSSR count). The minimum Gasteiger partial charge on any atom is -0.318 e. The average Bonchev–Trinajstić information content (AvgIpc) is 2.67. The summed E-state index contributed by atoms with van der Waals surface area (Å²) in [5.41, 5.74) is -0.238. The summed E-state index contributed by atoms with van der Waals surface area (Å²) in [4.78, 5) is 0. The van der Waals surface area contributed by atoms with Crippen LogP contribution in [0.5, 0.6) is 0 Å². The van der Waals surface area contributed by atoms with Gasteiger partial charge < -0.3 is 4.67 Å². The normalized spacial score (nSPS) is 12.0. The Morgan fingerprint density at radius 1 is 0.852 bits per heavy atom. The molecule has 0 aliphatic carbocycles. The second kappa shape index (κ2) is 7.68. The van der Waals surface area contributed by atoms with Gasteiger partial charge in [0.25, 0.3) is 0 Å². The molecule has 0 spiro atoms. The predicted molar refractivity (Wildman–Crippen MR) is 112 cm³/mol. The van der Waals surface area contributed by atoms with E-state index in [1.54, 1.807) is 60.2 Å². The van der Waals surface area contributed by atoms with Crippen molar-refractivity contribution in [2.75, 3.05) is 11.7 Å². The quantitative estimate of drug-likeness (QED) is 0.339. The molecule has 0 aromatic heterocycles. The molecule has 0 bridgehead atoms. The molecular formula is C20H16F3INOP. The number of hydrogen-bond donors (Lipinski definition) is 0. The highest BCUT2D eigenvalue weighted by Crippen LogP contribution is 2.50. The Bertz CT molecular complexity index is 934. The first-order valence-electron chi connectivity index (χ1n) is 8.07. The number of hydrogen-bond acceptors (Lipinski definition) is 1. The van der Waals surface area contributed by atoms with Gasteiger partial charge in [-0.25, -0.2) is 0 Å². The van der Waals surface area contributed by atoms with Gasteiger partial charge in [-0.2, -0.15) is 13.2 Å². The molecule has 2 nitrogen and oxygen atoms in total. The first-order chi connectivity index (χ1) is 12.7. The Balaban J connectivity index is 2.16. The van der Waals surface area contributed by atoms with E-state index < -0.39 is 19.0 Å². The fourth-order valence-electron chi connectivity index (χ4n) is 2.85. The van der Waals surface area contributed by atoms with Crippen LogP contribution in [0, 0.1) is 3.57 Å². The van der Waals surface area contributed by atoms with Gasteiger partial charge in [-0.15, -0.1) is 0 Å². The summed E-state index contributed by atoms with van der Waals surface area (Å²) in [5.74, 6) is 0. The molecule has 0 aliphatic heterocycles. The van der Waals surface area contributed by atoms with E-state index in [1.165, 1.54) is 6.07 Å². The number of benzene rings is 3. The third-order valence-electron chi connectivity index (χ3n) is 4.26. The van der Waals surface area contributed by atoms with Crippen molar-refractivity contribution in [3.63, 3.8) is 0 Å². The summed E-state index contributed by atoms with van der Waals surface area (Å²) in [5, 5.41) is 1.24. The largest absolute Gasteiger partial charge is 0.416 e. The first kappa shape index (κ1) is 20.0. The van der Waals surface area contributed by atoms with E-state index in [9.17, 15) is 17.7 Å². The zero-order valence-corrected chi connectivity index (χ0v) is 17.4. The predicted octanol–water partition coefficient (Wildman–Crippen LogP) is 5.68. The lowest BCUT2D eigenvalue weighted by molar-refractivity contribution is -0.137. The summed E-state index contributed by atoms with van der Waals surface area (Å²) in [7, 11) is -1.61. The summed E-state index contributed by atoms with van der Waals surface area (Å²) in [6.07, 6.45) is -4.42. The van der Waals surface area contributed by atoms with E-state index in [2.05, 4.69) is 0 Å². The molecule has 0 unspecified atom stereocenters. The maximum absolute atomic E-state index is 14.3. The van der Waals surface area contributed by atoms with E-state index >= 15 is 0 Å². The Morgan fingerprint density at radius 3 is 1.74 bits per heavy atom. The van der Waals surface area contributed by atoms with Crippen molar-refractivity contribution < 1.29 is 17.7 Å². The van der Waals surface area contributed by atoms with E-state index in [1.807, 2.05) is 34.7 Å². The summed E-state index contributed by atoms with van der Waals surface area (Å²) in [6.45, 7) is 0. The molecule has 3 aromatic rings. The van der Waals surface area contributed by atoms with Crippen molar-refractivity contribution in [3.8, 4) is 0 Å². The highest BCUT2D eigenvalue weighted by atomic mass is 127. The number of alkyl halides is 3. The van der Waals surface area contributed by atoms with Crippen molar-refractivity contribution in [2.24, 2.45) is 0 Å². The van der Waals surface area contributed by atoms with E-state index in [0.717, 1.165) is 12.1 Å². The molecule has 0 aliphatic rings. The average molecular weight is 501 g/mol. The van der Waals surface area contributed by atoms with Crippen LogP contribution >= 0.6 is 29.9 Å². The maximum Gasteiger partial charge on any atom is 0.416 e. The van der Waals surface area contributed by atoms with Gasteiger partial charge in [-0.1, -0.05) is 36.4 Å². The smallest absolute Gasteiger partial charge is 0.318 e. The van der Waals surface area contributed by atoms with Gasteiger partial charge in [0, 0.05) is 21.2 Å². The highest BCUT2D eigenvalue weighted by molar-refractivity contribution is 14.1. The number of nitrogens with zero attached hydrogens (tertiary/aromatic N) is 1. The van der Waals surface area contributed by atoms with Crippen LogP contribution in [-0.4, -0.2) is 7.05 Å². The number of halogens is 4. The van der Waals surface area contributed by atoms with Crippen molar-refractivity contribution in [1.82, 2.24) is 0 Å². The molecule has 0 saturated carbocycles. The SMILES string of the molecule is CN(c1ccc(C(F)(F)F)cc1I)P(=O)(c1ccccc1)c1ccccc1. The monoisotopic (exact) mass is 501 g/mol. The van der Waals surface area contributed by atoms with Crippen molar-refractivity contribution in [1.29, 1.82) is 0 Å². The first-order valence-corrected chi connectivity index (χ1v) is 10.8. The molecule has 0 radical (unpaired) electrons. The second-order valence-corrected chi connectivity index (χ2v) is 9.88. The van der Waals surface area contributed by atoms with E-state index in [-0.39, 0.29) is 0 Å². The zero-order valence-electron chi connectivity index (χ0n) is 14.3. The standard InChI is InChI=1S/C20H16F3INOP/c1-25(19-13-12-15(14-18(19)24)20(21,22)23)27(26,16-8-4-2-5-9-16)17-10-6-3-7-11-17/h2-14H,1H3. The molecule has 0 amide bonds. The summed E-state index contributed by atoms with van der Waals surface area (Å²) in [6, 6.07) is 21.5. The fourth-order valence-corrected chi connectivity index (χ4v) is 6.54. The van der Waals surface area contributed by atoms with Gasteiger partial charge >= 0.3 is 6.18 Å². The van der Waals surface area contributed by atoms with Crippen LogP contribution in [0.2, 0.25) is 0 Å². The van der Waals surface area contributed by atoms with Crippen LogP contribution in [0.25, 0.3) is 0 Å². The van der Waals surface area contributed by atoms with Gasteiger partial charge in [0.15, 0.2) is 0 Å². The van der Waals surface area contributed by atoms with Crippen LogP contribution in [0.3, 0.4) is 0 Å². The molecule has 7 heteroatoms. The second-order valence-electron chi connectivity index (χ2n) is 5.93. The molecule has 0 atom stereocenters. The van der Waals surface area contributed by atoms with Gasteiger partial charge in [0.2, 0.25) is 7.29 Å². The molecular weight excluding hydrogens is 485 g/mol. The lowest BCUT2D eigenvalue weighted by Gasteiger charge is -2.32. The summed E-state index contributed by atoms with van der Waals surface area (Å²) >= 11 is 1.86. The molecule has 3 aromatic carbocycles. The Hall–Kier alpha value is -1.79. The number of rotatable bonds is 4. The molecule has 0 N–H and O–H groups in total. The molecule has 0 saturated heterocycles. The van der Waals surface area contributed by atoms with Gasteiger partial charge in [0.05, 0.1) is 11.3 Å². The fraction of sp³-hybridized carbons (Fsp3) is 0.100. The van der Waals surface area contributed by atoms with Gasteiger partial charge in [-0.05, 0) is 65.1 Å². The minimum atomic E-state index is -4.42. The number of anilines is 1. The molecule has 140 valence electrons. The van der Waals surface area contributed by atoms with Crippen molar-refractivity contribution >= 4 is 46.2 Å². The van der Waals surface area contributed by atoms with Crippen molar-refractivity contribution in [3.05, 3.63) is 88.0 Å². The maximum atomic E-state index is 14.3. The molecule has 27 heavy (non-hydrogen) atoms. The third-order valence-corrected chi connectivity index (χ3v) is 8.18. The summed E-state index contributed by atoms with van der Waals surface area (Å²) < 4.78 is 55.2. The van der Waals surface area contributed by atoms with Crippen LogP contribution in [-0.2, 0) is 10.7 Å². The Morgan fingerprint density at radius 2 is 1.33 bits per heavy atom. The van der Waals surface area contributed by atoms with Crippen LogP contribution < -0.4 is 15.3 Å². The third kappa shape index (κ3) is 3.92. The zero-order chi connectivity index (χ0) is 19.7. The lowest BCUT2D eigenvalue weighted by Crippen LogP contribution is -2.30. The van der Waals surface area contributed by atoms with Crippen molar-refractivity contribution in [2.45, 2.75) is 6.18 Å². The molecule has 0 fully saturated rings. The Labute approximate surface area is 169 Å². The van der Waals surface area contributed by atoms with E-state index in [0.29, 0.717) is 19.9 Å². The van der Waals surface area contributed by atoms with Gasteiger partial charge in [-0.3, -0.25) is 4.57 Å². The molecule has 0 heterocycles. The van der Waals surface area contributed by atoms with Crippen LogP contribution in [0.4, 0.5) is 18.9 Å².